The number of ether oxygens (including phenoxy) is 2. The Morgan fingerprint density at radius 3 is 2.72 bits per heavy atom. The highest BCUT2D eigenvalue weighted by Gasteiger charge is 2.30. The highest BCUT2D eigenvalue weighted by molar-refractivity contribution is 7.15. The van der Waals surface area contributed by atoms with Crippen molar-refractivity contribution in [1.29, 1.82) is 5.26 Å². The second-order valence-corrected chi connectivity index (χ2v) is 10.2. The first-order valence-electron chi connectivity index (χ1n) is 12.0. The van der Waals surface area contributed by atoms with Crippen LogP contribution in [0.5, 0.6) is 0 Å². The molecule has 0 saturated carbocycles. The lowest BCUT2D eigenvalue weighted by Crippen LogP contribution is -2.51. The standard InChI is InChI=1S/C24H25N7O4S/c1-14(32)31-5-3-19-17(11-31)27-23(36-19)21-16(10-25)20-18(2-4-26-22(20)28-21)29-6-8-30(9-7-29)24(33)35-15-12-34-13-15/h2,4,15H,3,5-9,11-13H2,1H3,(H,26,28). The van der Waals surface area contributed by atoms with Crippen molar-refractivity contribution in [1.82, 2.24) is 24.8 Å². The molecular weight excluding hydrogens is 482 g/mol. The SMILES string of the molecule is CC(=O)N1CCc2sc(-c3[nH]c4nccc(N5CCN(C(=O)OC6COC6)CC5)c4c3C#N)nc2C1. The van der Waals surface area contributed by atoms with Crippen molar-refractivity contribution in [2.45, 2.75) is 26.0 Å². The zero-order valence-corrected chi connectivity index (χ0v) is 20.6. The van der Waals surface area contributed by atoms with Crippen molar-refractivity contribution in [2.75, 3.05) is 50.8 Å². The molecule has 2 saturated heterocycles. The van der Waals surface area contributed by atoms with Crippen LogP contribution in [-0.4, -0.2) is 88.8 Å². The van der Waals surface area contributed by atoms with Gasteiger partial charge in [-0.2, -0.15) is 5.26 Å². The average Bonchev–Trinajstić information content (AvgIpc) is 3.46. The zero-order valence-electron chi connectivity index (χ0n) is 19.8. The molecule has 3 aromatic rings. The van der Waals surface area contributed by atoms with Crippen LogP contribution in [0.1, 0.15) is 23.1 Å². The summed E-state index contributed by atoms with van der Waals surface area (Å²) in [6, 6.07) is 4.29. The number of H-pyrrole nitrogens is 1. The Labute approximate surface area is 211 Å². The molecule has 36 heavy (non-hydrogen) atoms. The molecule has 12 heteroatoms. The number of hydrogen-bond acceptors (Lipinski definition) is 9. The van der Waals surface area contributed by atoms with Crippen molar-refractivity contribution >= 4 is 40.1 Å². The number of hydrogen-bond donors (Lipinski definition) is 1. The summed E-state index contributed by atoms with van der Waals surface area (Å²) >= 11 is 1.56. The molecule has 0 bridgehead atoms. The number of nitrogens with one attached hydrogen (secondary N) is 1. The number of carbonyl (C=O) groups excluding carboxylic acids is 2. The van der Waals surface area contributed by atoms with Crippen LogP contribution in [0.15, 0.2) is 12.3 Å². The molecule has 3 aliphatic rings. The second-order valence-electron chi connectivity index (χ2n) is 9.14. The zero-order chi connectivity index (χ0) is 24.8. The monoisotopic (exact) mass is 507 g/mol. The minimum Gasteiger partial charge on any atom is -0.441 e. The van der Waals surface area contributed by atoms with E-state index >= 15 is 0 Å². The summed E-state index contributed by atoms with van der Waals surface area (Å²) in [7, 11) is 0. The van der Waals surface area contributed by atoms with Crippen molar-refractivity contribution in [2.24, 2.45) is 0 Å². The predicted octanol–water partition coefficient (Wildman–Crippen LogP) is 2.12. The highest BCUT2D eigenvalue weighted by Crippen LogP contribution is 2.38. The molecule has 186 valence electrons. The van der Waals surface area contributed by atoms with Gasteiger partial charge in [-0.1, -0.05) is 0 Å². The number of piperazine rings is 1. The van der Waals surface area contributed by atoms with Gasteiger partial charge in [-0.05, 0) is 6.07 Å². The molecule has 0 unspecified atom stereocenters. The minimum absolute atomic E-state index is 0.0396. The van der Waals surface area contributed by atoms with Crippen LogP contribution in [0.25, 0.3) is 21.7 Å². The maximum absolute atomic E-state index is 12.4. The third-order valence-electron chi connectivity index (χ3n) is 6.92. The number of carbonyl (C=O) groups is 2. The molecule has 2 fully saturated rings. The van der Waals surface area contributed by atoms with Crippen molar-refractivity contribution in [3.05, 3.63) is 28.4 Å². The molecule has 6 rings (SSSR count). The van der Waals surface area contributed by atoms with Gasteiger partial charge in [0.1, 0.15) is 16.7 Å². The maximum Gasteiger partial charge on any atom is 0.410 e. The van der Waals surface area contributed by atoms with E-state index in [2.05, 4.69) is 20.9 Å². The number of rotatable bonds is 3. The molecule has 0 atom stereocenters. The normalized spacial score (nSPS) is 18.1. The smallest absolute Gasteiger partial charge is 0.410 e. The van der Waals surface area contributed by atoms with E-state index in [1.165, 1.54) is 0 Å². The Kier molecular flexibility index (Phi) is 5.73. The lowest BCUT2D eigenvalue weighted by atomic mass is 10.1. The molecule has 2 amide bonds. The summed E-state index contributed by atoms with van der Waals surface area (Å²) in [6.45, 7) is 5.97. The van der Waals surface area contributed by atoms with Crippen LogP contribution in [0.2, 0.25) is 0 Å². The first-order chi connectivity index (χ1) is 17.5. The maximum atomic E-state index is 12.4. The number of aromatic nitrogens is 3. The summed E-state index contributed by atoms with van der Waals surface area (Å²) in [5.41, 5.74) is 3.59. The summed E-state index contributed by atoms with van der Waals surface area (Å²) in [5.74, 6) is 0.0396. The van der Waals surface area contributed by atoms with E-state index < -0.39 is 0 Å². The lowest BCUT2D eigenvalue weighted by Gasteiger charge is -2.37. The van der Waals surface area contributed by atoms with Gasteiger partial charge >= 0.3 is 6.09 Å². The van der Waals surface area contributed by atoms with Crippen molar-refractivity contribution < 1.29 is 19.1 Å². The molecule has 6 heterocycles. The molecule has 0 aromatic carbocycles. The van der Waals surface area contributed by atoms with E-state index in [9.17, 15) is 14.9 Å². The van der Waals surface area contributed by atoms with E-state index in [1.54, 1.807) is 34.3 Å². The van der Waals surface area contributed by atoms with E-state index in [-0.39, 0.29) is 18.1 Å². The third-order valence-corrected chi connectivity index (χ3v) is 8.10. The Balaban J connectivity index is 1.27. The molecular formula is C24H25N7O4S. The van der Waals surface area contributed by atoms with E-state index in [1.807, 2.05) is 6.07 Å². The number of anilines is 1. The van der Waals surface area contributed by atoms with Crippen LogP contribution >= 0.6 is 11.3 Å². The average molecular weight is 508 g/mol. The molecule has 3 aliphatic heterocycles. The van der Waals surface area contributed by atoms with E-state index in [0.29, 0.717) is 69.4 Å². The Morgan fingerprint density at radius 1 is 1.22 bits per heavy atom. The van der Waals surface area contributed by atoms with Gasteiger partial charge in [0.25, 0.3) is 0 Å². The van der Waals surface area contributed by atoms with Gasteiger partial charge in [0.05, 0.1) is 47.8 Å². The number of amides is 2. The first kappa shape index (κ1) is 22.8. The second kappa shape index (κ2) is 9.07. The van der Waals surface area contributed by atoms with Crippen LogP contribution < -0.4 is 4.90 Å². The molecule has 0 spiro atoms. The van der Waals surface area contributed by atoms with Crippen molar-refractivity contribution in [3.63, 3.8) is 0 Å². The van der Waals surface area contributed by atoms with Gasteiger partial charge in [0.15, 0.2) is 6.10 Å². The summed E-state index contributed by atoms with van der Waals surface area (Å²) < 4.78 is 10.5. The first-order valence-corrected chi connectivity index (χ1v) is 12.8. The number of nitrogens with zero attached hydrogens (tertiary/aromatic N) is 6. The summed E-state index contributed by atoms with van der Waals surface area (Å²) in [5, 5.41) is 11.7. The third kappa shape index (κ3) is 3.94. The molecule has 0 aliphatic carbocycles. The van der Waals surface area contributed by atoms with Crippen LogP contribution in [0.3, 0.4) is 0 Å². The number of fused-ring (bicyclic) bond motifs is 2. The predicted molar refractivity (Wildman–Crippen MR) is 132 cm³/mol. The Hall–Kier alpha value is -3.69. The topological polar surface area (TPSA) is 128 Å². The largest absolute Gasteiger partial charge is 0.441 e. The number of pyridine rings is 1. The highest BCUT2D eigenvalue weighted by atomic mass is 32.1. The fourth-order valence-corrected chi connectivity index (χ4v) is 5.90. The molecule has 0 radical (unpaired) electrons. The van der Waals surface area contributed by atoms with Gasteiger partial charge in [0, 0.05) is 57.1 Å². The molecule has 1 N–H and O–H groups in total. The Morgan fingerprint density at radius 2 is 2.03 bits per heavy atom. The van der Waals surface area contributed by atoms with Crippen LogP contribution in [0.4, 0.5) is 10.5 Å². The van der Waals surface area contributed by atoms with Crippen LogP contribution in [-0.2, 0) is 27.2 Å². The van der Waals surface area contributed by atoms with Crippen molar-refractivity contribution in [3.8, 4) is 16.8 Å². The Bertz CT molecular complexity index is 1380. The van der Waals surface area contributed by atoms with Crippen LogP contribution in [0, 0.1) is 11.3 Å². The number of nitriles is 1. The van der Waals surface area contributed by atoms with E-state index in [4.69, 9.17) is 14.5 Å². The summed E-state index contributed by atoms with van der Waals surface area (Å²) in [4.78, 5) is 43.7. The fourth-order valence-electron chi connectivity index (χ4n) is 4.84. The van der Waals surface area contributed by atoms with Gasteiger partial charge in [0.2, 0.25) is 5.91 Å². The van der Waals surface area contributed by atoms with E-state index in [0.717, 1.165) is 33.1 Å². The fraction of sp³-hybridized carbons (Fsp3) is 0.458. The number of aromatic amines is 1. The quantitative estimate of drug-likeness (QED) is 0.571. The lowest BCUT2D eigenvalue weighted by molar-refractivity contribution is -0.129. The number of thiazole rings is 1. The van der Waals surface area contributed by atoms with Gasteiger partial charge < -0.3 is 29.2 Å². The summed E-state index contributed by atoms with van der Waals surface area (Å²) in [6.07, 6.45) is 2.04. The minimum atomic E-state index is -0.305. The van der Waals surface area contributed by atoms with Gasteiger partial charge in [-0.15, -0.1) is 11.3 Å². The van der Waals surface area contributed by atoms with Gasteiger partial charge in [-0.25, -0.2) is 14.8 Å². The molecule has 11 nitrogen and oxygen atoms in total. The molecule has 3 aromatic heterocycles. The van der Waals surface area contributed by atoms with Gasteiger partial charge in [-0.3, -0.25) is 4.79 Å².